The average Bonchev–Trinajstić information content (AvgIpc) is 2.68. The molecule has 1 atom stereocenters. The zero-order valence-electron chi connectivity index (χ0n) is 16.2. The molecule has 0 unspecified atom stereocenters. The van der Waals surface area contributed by atoms with Gasteiger partial charge in [-0.05, 0) is 38.0 Å². The Hall–Kier alpha value is -1.93. The van der Waals surface area contributed by atoms with Crippen molar-refractivity contribution in [3.63, 3.8) is 0 Å². The van der Waals surface area contributed by atoms with Crippen LogP contribution in [0.4, 0.5) is 4.79 Å². The third-order valence-corrected chi connectivity index (χ3v) is 6.57. The first-order chi connectivity index (χ1) is 13.3. The molecule has 2 rings (SSSR count). The molecule has 1 heterocycles. The molecule has 1 aliphatic heterocycles. The molecular formula is C18H28N3O6P. The summed E-state index contributed by atoms with van der Waals surface area (Å²) in [6, 6.07) is 6.14. The zero-order chi connectivity index (χ0) is 20.7. The minimum Gasteiger partial charge on any atom is -0.465 e. The highest BCUT2D eigenvalue weighted by Gasteiger charge is 2.29. The second-order valence-electron chi connectivity index (χ2n) is 6.41. The molecule has 0 saturated carbocycles. The number of carbonyl (C=O) groups is 2. The largest absolute Gasteiger partial charge is 0.465 e. The Morgan fingerprint density at radius 1 is 1.14 bits per heavy atom. The van der Waals surface area contributed by atoms with E-state index in [2.05, 4.69) is 0 Å². The van der Waals surface area contributed by atoms with E-state index in [9.17, 15) is 14.2 Å². The van der Waals surface area contributed by atoms with E-state index in [0.29, 0.717) is 18.4 Å². The summed E-state index contributed by atoms with van der Waals surface area (Å²) in [6.07, 6.45) is -0.717. The van der Waals surface area contributed by atoms with Gasteiger partial charge in [-0.2, -0.15) is 0 Å². The van der Waals surface area contributed by atoms with E-state index in [-0.39, 0.29) is 38.6 Å². The summed E-state index contributed by atoms with van der Waals surface area (Å²) in [6.45, 7) is 5.18. The minimum absolute atomic E-state index is 0.228. The third-order valence-electron chi connectivity index (χ3n) is 4.46. The lowest BCUT2D eigenvalue weighted by Crippen LogP contribution is -2.54. The fourth-order valence-electron chi connectivity index (χ4n) is 3.07. The first-order valence-electron chi connectivity index (χ1n) is 9.31. The molecule has 1 aromatic rings. The van der Waals surface area contributed by atoms with Gasteiger partial charge in [0.25, 0.3) is 0 Å². The van der Waals surface area contributed by atoms with Gasteiger partial charge < -0.3 is 29.7 Å². The van der Waals surface area contributed by atoms with E-state index >= 15 is 0 Å². The highest BCUT2D eigenvalue weighted by atomic mass is 31.2. The van der Waals surface area contributed by atoms with Crippen LogP contribution in [0.2, 0.25) is 0 Å². The number of rotatable bonds is 8. The Morgan fingerprint density at radius 2 is 1.71 bits per heavy atom. The molecule has 2 amide bonds. The maximum absolute atomic E-state index is 12.9. The molecule has 1 aromatic carbocycles. The van der Waals surface area contributed by atoms with Crippen molar-refractivity contribution in [3.8, 4) is 0 Å². The maximum atomic E-state index is 12.9. The van der Waals surface area contributed by atoms with Crippen molar-refractivity contribution in [2.75, 3.05) is 39.4 Å². The number of hydrogen-bond acceptors (Lipinski definition) is 6. The van der Waals surface area contributed by atoms with Crippen molar-refractivity contribution in [3.05, 3.63) is 29.8 Å². The normalized spacial score (nSPS) is 16.1. The van der Waals surface area contributed by atoms with Crippen molar-refractivity contribution >= 4 is 24.9 Å². The quantitative estimate of drug-likeness (QED) is 0.615. The summed E-state index contributed by atoms with van der Waals surface area (Å²) < 4.78 is 23.6. The van der Waals surface area contributed by atoms with Crippen LogP contribution < -0.4 is 11.0 Å². The van der Waals surface area contributed by atoms with Gasteiger partial charge in [-0.3, -0.25) is 9.36 Å². The second kappa shape index (κ2) is 10.0. The number of amides is 2. The number of piperazine rings is 1. The number of nitrogens with two attached hydrogens (primary N) is 1. The molecule has 0 bridgehead atoms. The molecule has 1 aliphatic rings. The van der Waals surface area contributed by atoms with E-state index in [4.69, 9.17) is 19.9 Å². The lowest BCUT2D eigenvalue weighted by molar-refractivity contribution is -0.134. The second-order valence-corrected chi connectivity index (χ2v) is 8.44. The lowest BCUT2D eigenvalue weighted by Gasteiger charge is -2.34. The number of carbonyl (C=O) groups excluding carboxylic acids is 1. The molecule has 1 saturated heterocycles. The van der Waals surface area contributed by atoms with Crippen molar-refractivity contribution in [2.45, 2.75) is 26.3 Å². The van der Waals surface area contributed by atoms with Crippen LogP contribution in [-0.2, 0) is 24.8 Å². The van der Waals surface area contributed by atoms with E-state index < -0.39 is 19.7 Å². The number of benzene rings is 1. The van der Waals surface area contributed by atoms with Gasteiger partial charge in [0, 0.05) is 26.2 Å². The molecule has 156 valence electrons. The Kier molecular flexibility index (Phi) is 8.00. The molecule has 0 radical (unpaired) electrons. The molecule has 0 aliphatic carbocycles. The number of nitrogens with zero attached hydrogens (tertiary/aromatic N) is 2. The predicted octanol–water partition coefficient (Wildman–Crippen LogP) is 1.27. The summed E-state index contributed by atoms with van der Waals surface area (Å²) in [5.41, 5.74) is 6.85. The van der Waals surface area contributed by atoms with Crippen molar-refractivity contribution in [1.82, 2.24) is 9.80 Å². The molecule has 1 fully saturated rings. The minimum atomic E-state index is -3.41. The highest BCUT2D eigenvalue weighted by Crippen LogP contribution is 2.46. The van der Waals surface area contributed by atoms with Gasteiger partial charge in [0.2, 0.25) is 5.91 Å². The first kappa shape index (κ1) is 22.4. The molecule has 0 spiro atoms. The van der Waals surface area contributed by atoms with Gasteiger partial charge >= 0.3 is 13.7 Å². The molecule has 28 heavy (non-hydrogen) atoms. The third kappa shape index (κ3) is 5.54. The average molecular weight is 413 g/mol. The predicted molar refractivity (Wildman–Crippen MR) is 105 cm³/mol. The van der Waals surface area contributed by atoms with Gasteiger partial charge in [0.05, 0.1) is 24.6 Å². The van der Waals surface area contributed by atoms with Crippen LogP contribution in [0.3, 0.4) is 0 Å². The van der Waals surface area contributed by atoms with Crippen LogP contribution in [0.5, 0.6) is 0 Å². The fraction of sp³-hybridized carbons (Fsp3) is 0.556. The monoisotopic (exact) mass is 413 g/mol. The molecule has 10 heteroatoms. The summed E-state index contributed by atoms with van der Waals surface area (Å²) in [5.74, 6) is -0.228. The van der Waals surface area contributed by atoms with Crippen LogP contribution in [0.25, 0.3) is 0 Å². The lowest BCUT2D eigenvalue weighted by atomic mass is 10.1. The van der Waals surface area contributed by atoms with Gasteiger partial charge in [0.15, 0.2) is 0 Å². The highest BCUT2D eigenvalue weighted by molar-refractivity contribution is 7.62. The Labute approximate surface area is 164 Å². The summed E-state index contributed by atoms with van der Waals surface area (Å²) in [4.78, 5) is 26.4. The van der Waals surface area contributed by atoms with E-state index in [1.807, 2.05) is 0 Å². The van der Waals surface area contributed by atoms with E-state index in [1.165, 1.54) is 4.90 Å². The van der Waals surface area contributed by atoms with Gasteiger partial charge in [0.1, 0.15) is 0 Å². The van der Waals surface area contributed by atoms with E-state index in [0.717, 1.165) is 5.56 Å². The zero-order valence-corrected chi connectivity index (χ0v) is 17.1. The van der Waals surface area contributed by atoms with Crippen molar-refractivity contribution < 1.29 is 28.3 Å². The maximum Gasteiger partial charge on any atom is 0.407 e. The SMILES string of the molecule is CCOP(=O)(OCC)c1cccc(C[C@H](N)C(=O)N2CCN(C(=O)O)CC2)c1. The molecule has 3 N–H and O–H groups in total. The smallest absolute Gasteiger partial charge is 0.407 e. The van der Waals surface area contributed by atoms with Crippen LogP contribution in [-0.4, -0.2) is 72.3 Å². The van der Waals surface area contributed by atoms with Crippen LogP contribution in [0.1, 0.15) is 19.4 Å². The number of carboxylic acid groups (broad SMARTS) is 1. The topological polar surface area (TPSA) is 122 Å². The first-order valence-corrected chi connectivity index (χ1v) is 10.9. The van der Waals surface area contributed by atoms with Gasteiger partial charge in [-0.15, -0.1) is 0 Å². The van der Waals surface area contributed by atoms with Crippen LogP contribution in [0.15, 0.2) is 24.3 Å². The summed E-state index contributed by atoms with van der Waals surface area (Å²) in [7, 11) is -3.41. The Balaban J connectivity index is 2.04. The number of hydrogen-bond donors (Lipinski definition) is 2. The molecule has 9 nitrogen and oxygen atoms in total. The van der Waals surface area contributed by atoms with Crippen LogP contribution >= 0.6 is 7.60 Å². The summed E-state index contributed by atoms with van der Waals surface area (Å²) in [5, 5.41) is 9.42. The van der Waals surface area contributed by atoms with Gasteiger partial charge in [-0.25, -0.2) is 4.79 Å². The van der Waals surface area contributed by atoms with Gasteiger partial charge in [-0.1, -0.05) is 12.1 Å². The molecule has 0 aromatic heterocycles. The van der Waals surface area contributed by atoms with Crippen LogP contribution in [0, 0.1) is 0 Å². The standard InChI is InChI=1S/C18H28N3O6P/c1-3-26-28(25,27-4-2)15-7-5-6-14(12-15)13-16(19)17(22)20-8-10-21(11-9-20)18(23)24/h5-7,12,16H,3-4,8-11,13,19H2,1-2H3,(H,23,24)/t16-/m0/s1. The van der Waals surface area contributed by atoms with E-state index in [1.54, 1.807) is 43.0 Å². The van der Waals surface area contributed by atoms with Crippen molar-refractivity contribution in [2.24, 2.45) is 5.73 Å². The molecular weight excluding hydrogens is 385 g/mol. The Bertz CT molecular complexity index is 726. The van der Waals surface area contributed by atoms with Crippen molar-refractivity contribution in [1.29, 1.82) is 0 Å². The Morgan fingerprint density at radius 3 is 2.25 bits per heavy atom. The summed E-state index contributed by atoms with van der Waals surface area (Å²) >= 11 is 0. The fourth-order valence-corrected chi connectivity index (χ4v) is 4.72.